The first-order valence-electron chi connectivity index (χ1n) is 11.6. The molecule has 3 nitrogen and oxygen atoms in total. The zero-order chi connectivity index (χ0) is 19.5. The van der Waals surface area contributed by atoms with Crippen LogP contribution in [0.15, 0.2) is 18.2 Å². The van der Waals surface area contributed by atoms with E-state index in [1.54, 1.807) is 0 Å². The van der Waals surface area contributed by atoms with E-state index in [1.165, 1.54) is 30.5 Å². The van der Waals surface area contributed by atoms with Crippen molar-refractivity contribution in [1.82, 2.24) is 4.90 Å². The fraction of sp³-hybridized carbons (Fsp3) is 0.720. The van der Waals surface area contributed by atoms with Crippen LogP contribution in [0.25, 0.3) is 0 Å². The van der Waals surface area contributed by atoms with Gasteiger partial charge in [-0.3, -0.25) is 9.69 Å². The molecule has 0 amide bonds. The van der Waals surface area contributed by atoms with E-state index in [0.29, 0.717) is 35.8 Å². The predicted octanol–water partition coefficient (Wildman–Crippen LogP) is 4.70. The number of carbonyl (C=O) groups is 1. The lowest BCUT2D eigenvalue weighted by Gasteiger charge is -2.59. The Bertz CT molecular complexity index is 768. The molecule has 4 aliphatic rings. The van der Waals surface area contributed by atoms with Gasteiger partial charge in [0.25, 0.3) is 0 Å². The SMILES string of the molecule is CC(C)CCC1CC2C3Cc4ccc(O)cc4C2(CCN3CC2CC2)CC1=O. The Morgan fingerprint density at radius 2 is 2.11 bits per heavy atom. The predicted molar refractivity (Wildman–Crippen MR) is 111 cm³/mol. The summed E-state index contributed by atoms with van der Waals surface area (Å²) < 4.78 is 0. The van der Waals surface area contributed by atoms with Crippen molar-refractivity contribution in [3.8, 4) is 5.75 Å². The maximum absolute atomic E-state index is 13.2. The van der Waals surface area contributed by atoms with Crippen LogP contribution in [0.4, 0.5) is 0 Å². The summed E-state index contributed by atoms with van der Waals surface area (Å²) in [6.45, 7) is 6.91. The number of likely N-dealkylation sites (tertiary alicyclic amines) is 1. The van der Waals surface area contributed by atoms with Gasteiger partial charge in [-0.1, -0.05) is 26.3 Å². The Morgan fingerprint density at radius 1 is 1.29 bits per heavy atom. The highest BCUT2D eigenvalue weighted by atomic mass is 16.3. The molecule has 3 fully saturated rings. The smallest absolute Gasteiger partial charge is 0.136 e. The van der Waals surface area contributed by atoms with Gasteiger partial charge in [0.2, 0.25) is 0 Å². The Balaban J connectivity index is 1.50. The van der Waals surface area contributed by atoms with Gasteiger partial charge in [-0.05, 0) is 86.1 Å². The van der Waals surface area contributed by atoms with Crippen LogP contribution in [0, 0.1) is 23.7 Å². The highest BCUT2D eigenvalue weighted by Gasteiger charge is 2.57. The Kier molecular flexibility index (Phi) is 4.58. The summed E-state index contributed by atoms with van der Waals surface area (Å²) in [5.41, 5.74) is 2.66. The van der Waals surface area contributed by atoms with E-state index < -0.39 is 0 Å². The normalized spacial score (nSPS) is 35.0. The van der Waals surface area contributed by atoms with E-state index in [1.807, 2.05) is 12.1 Å². The largest absolute Gasteiger partial charge is 0.508 e. The standard InChI is InChI=1S/C25H35NO2/c1-16(2)3-6-19-11-22-23-12-18-7-8-20(27)13-21(18)25(22,14-24(19)28)9-10-26(23)15-17-4-5-17/h7-8,13,16-17,19,22-23,27H,3-6,9-12,14-15H2,1-2H3. The van der Waals surface area contributed by atoms with Gasteiger partial charge in [0.05, 0.1) is 0 Å². The van der Waals surface area contributed by atoms with Crippen LogP contribution in [-0.4, -0.2) is 34.9 Å². The van der Waals surface area contributed by atoms with Crippen molar-refractivity contribution in [3.63, 3.8) is 0 Å². The number of rotatable bonds is 5. The fourth-order valence-corrected chi connectivity index (χ4v) is 6.62. The molecule has 0 aromatic heterocycles. The topological polar surface area (TPSA) is 40.5 Å². The van der Waals surface area contributed by atoms with Crippen molar-refractivity contribution in [3.05, 3.63) is 29.3 Å². The average molecular weight is 382 g/mol. The van der Waals surface area contributed by atoms with Crippen LogP contribution in [0.3, 0.4) is 0 Å². The quantitative estimate of drug-likeness (QED) is 0.803. The first kappa shape index (κ1) is 18.7. The molecule has 1 heterocycles. The number of Topliss-reactive ketones (excluding diaryl/α,β-unsaturated/α-hetero) is 1. The maximum Gasteiger partial charge on any atom is 0.136 e. The molecule has 4 atom stereocenters. The highest BCUT2D eigenvalue weighted by molar-refractivity contribution is 5.84. The molecular formula is C25H35NO2. The molecule has 152 valence electrons. The Morgan fingerprint density at radius 3 is 2.86 bits per heavy atom. The number of nitrogens with zero attached hydrogens (tertiary/aromatic N) is 1. The summed E-state index contributed by atoms with van der Waals surface area (Å²) in [6.07, 6.45) is 8.96. The van der Waals surface area contributed by atoms with Crippen LogP contribution in [-0.2, 0) is 16.6 Å². The minimum Gasteiger partial charge on any atom is -0.508 e. The number of fused-ring (bicyclic) bond motifs is 1. The second-order valence-electron chi connectivity index (χ2n) is 10.6. The van der Waals surface area contributed by atoms with E-state index in [9.17, 15) is 9.90 Å². The average Bonchev–Trinajstić information content (AvgIpc) is 3.47. The maximum atomic E-state index is 13.2. The van der Waals surface area contributed by atoms with Crippen molar-refractivity contribution in [2.75, 3.05) is 13.1 Å². The van der Waals surface area contributed by atoms with Crippen molar-refractivity contribution in [2.45, 2.75) is 76.7 Å². The van der Waals surface area contributed by atoms with Crippen LogP contribution >= 0.6 is 0 Å². The van der Waals surface area contributed by atoms with Crippen LogP contribution in [0.1, 0.15) is 69.9 Å². The number of phenols is 1. The Labute approximate surface area is 169 Å². The summed E-state index contributed by atoms with van der Waals surface area (Å²) in [4.78, 5) is 16.0. The first-order chi connectivity index (χ1) is 13.5. The molecule has 0 radical (unpaired) electrons. The van der Waals surface area contributed by atoms with E-state index in [2.05, 4.69) is 24.8 Å². The minimum atomic E-state index is -0.0253. The van der Waals surface area contributed by atoms with E-state index in [-0.39, 0.29) is 11.3 Å². The van der Waals surface area contributed by atoms with Gasteiger partial charge in [0, 0.05) is 30.3 Å². The van der Waals surface area contributed by atoms with Gasteiger partial charge in [-0.2, -0.15) is 0 Å². The first-order valence-corrected chi connectivity index (χ1v) is 11.6. The van der Waals surface area contributed by atoms with Crippen molar-refractivity contribution in [2.24, 2.45) is 23.7 Å². The van der Waals surface area contributed by atoms with E-state index in [0.717, 1.165) is 44.6 Å². The molecule has 1 N–H and O–H groups in total. The minimum absolute atomic E-state index is 0.0253. The lowest BCUT2D eigenvalue weighted by molar-refractivity contribution is -0.133. The number of phenolic OH excluding ortho intramolecular Hbond substituents is 1. The highest BCUT2D eigenvalue weighted by Crippen LogP contribution is 2.57. The zero-order valence-corrected chi connectivity index (χ0v) is 17.5. The monoisotopic (exact) mass is 381 g/mol. The molecule has 1 aromatic carbocycles. The van der Waals surface area contributed by atoms with Crippen molar-refractivity contribution in [1.29, 1.82) is 0 Å². The van der Waals surface area contributed by atoms with Gasteiger partial charge in [-0.25, -0.2) is 0 Å². The second kappa shape index (κ2) is 6.86. The molecule has 3 aliphatic carbocycles. The number of hydrogen-bond acceptors (Lipinski definition) is 3. The number of hydrogen-bond donors (Lipinski definition) is 1. The number of carbonyl (C=O) groups excluding carboxylic acids is 1. The molecule has 28 heavy (non-hydrogen) atoms. The molecule has 1 aliphatic heterocycles. The van der Waals surface area contributed by atoms with Crippen molar-refractivity contribution >= 4 is 5.78 Å². The molecule has 1 aromatic rings. The lowest BCUT2D eigenvalue weighted by atomic mass is 9.50. The lowest BCUT2D eigenvalue weighted by Crippen LogP contribution is -2.63. The molecule has 2 bridgehead atoms. The third-order valence-corrected chi connectivity index (χ3v) is 8.31. The Hall–Kier alpha value is -1.35. The molecule has 1 saturated heterocycles. The summed E-state index contributed by atoms with van der Waals surface area (Å²) in [5, 5.41) is 10.2. The zero-order valence-electron chi connectivity index (χ0n) is 17.5. The molecular weight excluding hydrogens is 346 g/mol. The number of ketones is 1. The van der Waals surface area contributed by atoms with E-state index in [4.69, 9.17) is 0 Å². The second-order valence-corrected chi connectivity index (χ2v) is 10.6. The number of aromatic hydroxyl groups is 1. The molecule has 5 rings (SSSR count). The van der Waals surface area contributed by atoms with Gasteiger partial charge in [0.15, 0.2) is 0 Å². The number of benzene rings is 1. The molecule has 3 heteroatoms. The fourth-order valence-electron chi connectivity index (χ4n) is 6.62. The van der Waals surface area contributed by atoms with E-state index >= 15 is 0 Å². The molecule has 4 unspecified atom stereocenters. The van der Waals surface area contributed by atoms with Crippen LogP contribution in [0.5, 0.6) is 5.75 Å². The molecule has 2 saturated carbocycles. The van der Waals surface area contributed by atoms with Gasteiger partial charge in [-0.15, -0.1) is 0 Å². The third kappa shape index (κ3) is 3.10. The van der Waals surface area contributed by atoms with Crippen molar-refractivity contribution < 1.29 is 9.90 Å². The molecule has 0 spiro atoms. The van der Waals surface area contributed by atoms with Gasteiger partial charge >= 0.3 is 0 Å². The van der Waals surface area contributed by atoms with Gasteiger partial charge in [0.1, 0.15) is 11.5 Å². The summed E-state index contributed by atoms with van der Waals surface area (Å²) in [6, 6.07) is 6.55. The summed E-state index contributed by atoms with van der Waals surface area (Å²) in [7, 11) is 0. The van der Waals surface area contributed by atoms with Gasteiger partial charge < -0.3 is 5.11 Å². The van der Waals surface area contributed by atoms with Crippen LogP contribution < -0.4 is 0 Å². The summed E-state index contributed by atoms with van der Waals surface area (Å²) >= 11 is 0. The third-order valence-electron chi connectivity index (χ3n) is 8.31. The number of piperidine rings is 1. The summed E-state index contributed by atoms with van der Waals surface area (Å²) in [5.74, 6) is 3.25. The van der Waals surface area contributed by atoms with Crippen LogP contribution in [0.2, 0.25) is 0 Å².